The lowest BCUT2D eigenvalue weighted by Crippen LogP contribution is -2.27. The fraction of sp³-hybridized carbons (Fsp3) is 0.278. The van der Waals surface area contributed by atoms with Crippen LogP contribution in [-0.2, 0) is 4.74 Å². The SMILES string of the molecule is Cc1ccc2c(c1)c1ccccc1n2C(=O)OC(C)(C)C. The van der Waals surface area contributed by atoms with E-state index in [0.29, 0.717) is 0 Å². The van der Waals surface area contributed by atoms with Gasteiger partial charge >= 0.3 is 6.09 Å². The number of carbonyl (C=O) groups excluding carboxylic acids is 1. The number of nitrogens with zero attached hydrogens (tertiary/aromatic N) is 1. The molecule has 21 heavy (non-hydrogen) atoms. The monoisotopic (exact) mass is 281 g/mol. The van der Waals surface area contributed by atoms with Gasteiger partial charge in [0.2, 0.25) is 0 Å². The summed E-state index contributed by atoms with van der Waals surface area (Å²) in [5.74, 6) is 0. The quantitative estimate of drug-likeness (QED) is 0.587. The Labute approximate surface area is 124 Å². The minimum atomic E-state index is -0.514. The number of hydrogen-bond donors (Lipinski definition) is 0. The van der Waals surface area contributed by atoms with Crippen LogP contribution in [0.4, 0.5) is 4.79 Å². The van der Waals surface area contributed by atoms with E-state index in [1.807, 2.05) is 57.2 Å². The molecule has 0 spiro atoms. The fourth-order valence-corrected chi connectivity index (χ4v) is 2.59. The molecule has 3 rings (SSSR count). The van der Waals surface area contributed by atoms with Crippen LogP contribution in [0.5, 0.6) is 0 Å². The zero-order chi connectivity index (χ0) is 15.2. The molecule has 0 aliphatic rings. The summed E-state index contributed by atoms with van der Waals surface area (Å²) in [4.78, 5) is 12.6. The maximum absolute atomic E-state index is 12.6. The van der Waals surface area contributed by atoms with Gasteiger partial charge in [-0.3, -0.25) is 0 Å². The van der Waals surface area contributed by atoms with Crippen LogP contribution in [0, 0.1) is 6.92 Å². The molecule has 3 aromatic rings. The Hall–Kier alpha value is -2.29. The van der Waals surface area contributed by atoms with E-state index in [9.17, 15) is 4.79 Å². The zero-order valence-corrected chi connectivity index (χ0v) is 12.8. The number of hydrogen-bond acceptors (Lipinski definition) is 2. The molecule has 1 heterocycles. The van der Waals surface area contributed by atoms with E-state index in [-0.39, 0.29) is 6.09 Å². The molecule has 0 N–H and O–H groups in total. The molecular weight excluding hydrogens is 262 g/mol. The van der Waals surface area contributed by atoms with E-state index >= 15 is 0 Å². The Morgan fingerprint density at radius 3 is 2.38 bits per heavy atom. The summed E-state index contributed by atoms with van der Waals surface area (Å²) in [5.41, 5.74) is 2.43. The van der Waals surface area contributed by atoms with Gasteiger partial charge < -0.3 is 4.74 Å². The molecule has 0 amide bonds. The van der Waals surface area contributed by atoms with Gasteiger partial charge in [-0.15, -0.1) is 0 Å². The molecule has 0 atom stereocenters. The van der Waals surface area contributed by atoms with Crippen molar-refractivity contribution in [2.24, 2.45) is 0 Å². The second kappa shape index (κ2) is 4.62. The fourth-order valence-electron chi connectivity index (χ4n) is 2.59. The average molecular weight is 281 g/mol. The van der Waals surface area contributed by atoms with E-state index in [0.717, 1.165) is 21.8 Å². The summed E-state index contributed by atoms with van der Waals surface area (Å²) < 4.78 is 7.21. The molecule has 0 unspecified atom stereocenters. The first-order valence-electron chi connectivity index (χ1n) is 7.10. The van der Waals surface area contributed by atoms with Gasteiger partial charge in [-0.25, -0.2) is 9.36 Å². The normalized spacial score (nSPS) is 12.0. The maximum atomic E-state index is 12.6. The third-order valence-electron chi connectivity index (χ3n) is 3.40. The van der Waals surface area contributed by atoms with E-state index in [1.54, 1.807) is 4.57 Å². The zero-order valence-electron chi connectivity index (χ0n) is 12.8. The molecule has 108 valence electrons. The summed E-state index contributed by atoms with van der Waals surface area (Å²) in [7, 11) is 0. The standard InChI is InChI=1S/C18H19NO2/c1-12-9-10-16-14(11-12)13-7-5-6-8-15(13)19(16)17(20)21-18(2,3)4/h5-11H,1-4H3. The number of rotatable bonds is 0. The van der Waals surface area contributed by atoms with Crippen LogP contribution >= 0.6 is 0 Å². The van der Waals surface area contributed by atoms with Gasteiger partial charge in [-0.1, -0.05) is 29.8 Å². The molecule has 0 fully saturated rings. The third-order valence-corrected chi connectivity index (χ3v) is 3.40. The van der Waals surface area contributed by atoms with Crippen molar-refractivity contribution in [2.75, 3.05) is 0 Å². The summed E-state index contributed by atoms with van der Waals surface area (Å²) in [6, 6.07) is 14.0. The van der Waals surface area contributed by atoms with Crippen LogP contribution in [0.25, 0.3) is 21.8 Å². The smallest absolute Gasteiger partial charge is 0.419 e. The van der Waals surface area contributed by atoms with Crippen molar-refractivity contribution in [3.63, 3.8) is 0 Å². The lowest BCUT2D eigenvalue weighted by atomic mass is 10.1. The average Bonchev–Trinajstić information content (AvgIpc) is 2.71. The lowest BCUT2D eigenvalue weighted by Gasteiger charge is -2.20. The molecule has 2 aromatic carbocycles. The van der Waals surface area contributed by atoms with Crippen molar-refractivity contribution in [3.8, 4) is 0 Å². The van der Waals surface area contributed by atoms with Gasteiger partial charge in [-0.05, 0) is 45.9 Å². The molecule has 3 nitrogen and oxygen atoms in total. The minimum absolute atomic E-state index is 0.336. The number of fused-ring (bicyclic) bond motifs is 3. The molecular formula is C18H19NO2. The van der Waals surface area contributed by atoms with E-state index in [4.69, 9.17) is 4.74 Å². The Bertz CT molecular complexity index is 837. The van der Waals surface area contributed by atoms with Crippen molar-refractivity contribution >= 4 is 27.9 Å². The number of para-hydroxylation sites is 1. The van der Waals surface area contributed by atoms with Crippen LogP contribution in [0.2, 0.25) is 0 Å². The first-order chi connectivity index (χ1) is 9.87. The van der Waals surface area contributed by atoms with Gasteiger partial charge in [0.15, 0.2) is 0 Å². The highest BCUT2D eigenvalue weighted by Gasteiger charge is 2.21. The molecule has 1 aromatic heterocycles. The van der Waals surface area contributed by atoms with Gasteiger partial charge in [0.05, 0.1) is 11.0 Å². The Morgan fingerprint density at radius 2 is 1.67 bits per heavy atom. The molecule has 0 radical (unpaired) electrons. The van der Waals surface area contributed by atoms with Crippen LogP contribution in [-0.4, -0.2) is 16.3 Å². The van der Waals surface area contributed by atoms with Crippen molar-refractivity contribution < 1.29 is 9.53 Å². The topological polar surface area (TPSA) is 31.2 Å². The molecule has 3 heteroatoms. The third kappa shape index (κ3) is 2.40. The molecule has 0 aliphatic heterocycles. The van der Waals surface area contributed by atoms with Crippen LogP contribution in [0.3, 0.4) is 0 Å². The van der Waals surface area contributed by atoms with Crippen molar-refractivity contribution in [1.29, 1.82) is 0 Å². The summed E-state index contributed by atoms with van der Waals surface area (Å²) in [6.07, 6.45) is -0.336. The number of benzene rings is 2. The van der Waals surface area contributed by atoms with Gasteiger partial charge in [0.1, 0.15) is 5.60 Å². The van der Waals surface area contributed by atoms with Gasteiger partial charge in [-0.2, -0.15) is 0 Å². The molecule has 0 saturated carbocycles. The number of carbonyl (C=O) groups is 1. The summed E-state index contributed by atoms with van der Waals surface area (Å²) in [5, 5.41) is 2.15. The number of aryl methyl sites for hydroxylation is 1. The molecule has 0 bridgehead atoms. The first kappa shape index (κ1) is 13.7. The van der Waals surface area contributed by atoms with Crippen LogP contribution in [0.1, 0.15) is 26.3 Å². The Morgan fingerprint density at radius 1 is 1.00 bits per heavy atom. The second-order valence-electron chi connectivity index (χ2n) is 6.35. The van der Waals surface area contributed by atoms with Crippen molar-refractivity contribution in [3.05, 3.63) is 48.0 Å². The highest BCUT2D eigenvalue weighted by molar-refractivity contribution is 6.12. The van der Waals surface area contributed by atoms with Crippen LogP contribution < -0.4 is 0 Å². The Balaban J connectivity index is 2.31. The highest BCUT2D eigenvalue weighted by atomic mass is 16.6. The van der Waals surface area contributed by atoms with E-state index in [1.165, 1.54) is 5.56 Å². The molecule has 0 saturated heterocycles. The van der Waals surface area contributed by atoms with E-state index < -0.39 is 5.60 Å². The predicted octanol–water partition coefficient (Wildman–Crippen LogP) is 4.89. The summed E-state index contributed by atoms with van der Waals surface area (Å²) >= 11 is 0. The van der Waals surface area contributed by atoms with E-state index in [2.05, 4.69) is 13.0 Å². The first-order valence-corrected chi connectivity index (χ1v) is 7.10. The number of ether oxygens (including phenoxy) is 1. The Kier molecular flexibility index (Phi) is 3.01. The van der Waals surface area contributed by atoms with Gasteiger partial charge in [0.25, 0.3) is 0 Å². The summed E-state index contributed by atoms with van der Waals surface area (Å²) in [6.45, 7) is 7.69. The van der Waals surface area contributed by atoms with Crippen LogP contribution in [0.15, 0.2) is 42.5 Å². The van der Waals surface area contributed by atoms with Crippen molar-refractivity contribution in [1.82, 2.24) is 4.57 Å². The largest absolute Gasteiger partial charge is 0.443 e. The highest BCUT2D eigenvalue weighted by Crippen LogP contribution is 2.30. The van der Waals surface area contributed by atoms with Crippen molar-refractivity contribution in [2.45, 2.75) is 33.3 Å². The molecule has 0 aliphatic carbocycles. The maximum Gasteiger partial charge on any atom is 0.419 e. The second-order valence-corrected chi connectivity index (χ2v) is 6.35. The predicted molar refractivity (Wildman–Crippen MR) is 85.8 cm³/mol. The minimum Gasteiger partial charge on any atom is -0.443 e. The number of aromatic nitrogens is 1. The van der Waals surface area contributed by atoms with Gasteiger partial charge in [0, 0.05) is 10.8 Å². The lowest BCUT2D eigenvalue weighted by molar-refractivity contribution is 0.0551.